The summed E-state index contributed by atoms with van der Waals surface area (Å²) in [6, 6.07) is 10.7. The van der Waals surface area contributed by atoms with Crippen LogP contribution in [0.15, 0.2) is 62.9 Å². The highest BCUT2D eigenvalue weighted by atomic mass is 32.2. The first kappa shape index (κ1) is 22.7. The molecule has 33 heavy (non-hydrogen) atoms. The van der Waals surface area contributed by atoms with E-state index in [4.69, 9.17) is 4.42 Å². The van der Waals surface area contributed by atoms with Gasteiger partial charge >= 0.3 is 0 Å². The van der Waals surface area contributed by atoms with E-state index >= 15 is 0 Å². The number of aromatic nitrogens is 3. The maximum Gasteiger partial charge on any atom is 0.257 e. The molecule has 3 heterocycles. The molecule has 4 rings (SSSR count). The predicted molar refractivity (Wildman–Crippen MR) is 128 cm³/mol. The molecule has 8 nitrogen and oxygen atoms in total. The van der Waals surface area contributed by atoms with Gasteiger partial charge in [0, 0.05) is 23.5 Å². The first-order valence-electron chi connectivity index (χ1n) is 10.1. The average Bonchev–Trinajstić information content (AvgIpc) is 3.42. The van der Waals surface area contributed by atoms with Crippen LogP contribution >= 0.6 is 23.1 Å². The Morgan fingerprint density at radius 2 is 1.97 bits per heavy atom. The van der Waals surface area contributed by atoms with Gasteiger partial charge in [0.2, 0.25) is 11.8 Å². The van der Waals surface area contributed by atoms with E-state index in [1.807, 2.05) is 30.5 Å². The van der Waals surface area contributed by atoms with Gasteiger partial charge in [-0.3, -0.25) is 14.6 Å². The van der Waals surface area contributed by atoms with Gasteiger partial charge in [0.25, 0.3) is 5.91 Å². The van der Waals surface area contributed by atoms with Crippen molar-refractivity contribution in [3.05, 3.63) is 76.9 Å². The summed E-state index contributed by atoms with van der Waals surface area (Å²) < 4.78 is 6.72. The molecule has 0 saturated heterocycles. The number of carbonyl (C=O) groups excluding carboxylic acids is 2. The third-order valence-electron chi connectivity index (χ3n) is 4.60. The minimum atomic E-state index is -0.278. The number of pyridine rings is 1. The highest BCUT2D eigenvalue weighted by Crippen LogP contribution is 2.29. The van der Waals surface area contributed by atoms with Gasteiger partial charge in [-0.2, -0.15) is 0 Å². The van der Waals surface area contributed by atoms with Gasteiger partial charge in [0.1, 0.15) is 11.5 Å². The monoisotopic (exact) mass is 479 g/mol. The topological polar surface area (TPSA) is 110 Å². The van der Waals surface area contributed by atoms with Crippen LogP contribution in [0.3, 0.4) is 0 Å². The van der Waals surface area contributed by atoms with Crippen molar-refractivity contribution in [2.45, 2.75) is 24.7 Å². The van der Waals surface area contributed by atoms with Crippen molar-refractivity contribution in [1.29, 1.82) is 0 Å². The van der Waals surface area contributed by atoms with Crippen LogP contribution < -0.4 is 10.6 Å². The summed E-state index contributed by atoms with van der Waals surface area (Å²) in [5.41, 5.74) is 3.24. The zero-order valence-electron chi connectivity index (χ0n) is 18.0. The summed E-state index contributed by atoms with van der Waals surface area (Å²) in [6.45, 7) is 3.96. The first-order chi connectivity index (χ1) is 16.0. The van der Waals surface area contributed by atoms with E-state index in [1.165, 1.54) is 29.3 Å². The highest BCUT2D eigenvalue weighted by Gasteiger charge is 2.17. The number of nitrogens with one attached hydrogen (secondary N) is 2. The standard InChI is InChI=1S/C23H21N5O3S2/c1-14-12-32-23(26-14)33-13-20(29)25-11-19-15(2)31-22(28-19)17-7-3-4-8-18(17)27-21(30)16-6-5-9-24-10-16/h3-10,12H,11,13H2,1-2H3,(H,25,29)(H,27,30). The number of thioether (sulfide) groups is 1. The van der Waals surface area contributed by atoms with Gasteiger partial charge in [-0.15, -0.1) is 11.3 Å². The largest absolute Gasteiger partial charge is 0.441 e. The fourth-order valence-electron chi connectivity index (χ4n) is 2.94. The summed E-state index contributed by atoms with van der Waals surface area (Å²) in [5, 5.41) is 7.71. The predicted octanol–water partition coefficient (Wildman–Crippen LogP) is 4.47. The highest BCUT2D eigenvalue weighted by molar-refractivity contribution is 8.01. The Balaban J connectivity index is 1.41. The van der Waals surface area contributed by atoms with E-state index in [0.29, 0.717) is 34.2 Å². The number of hydrogen-bond donors (Lipinski definition) is 2. The number of amides is 2. The van der Waals surface area contributed by atoms with Crippen LogP contribution in [-0.4, -0.2) is 32.5 Å². The molecule has 0 aliphatic rings. The Kier molecular flexibility index (Phi) is 7.16. The molecular weight excluding hydrogens is 458 g/mol. The fourth-order valence-corrected chi connectivity index (χ4v) is 4.62. The molecule has 10 heteroatoms. The molecule has 0 fully saturated rings. The fraction of sp³-hybridized carbons (Fsp3) is 0.174. The third kappa shape index (κ3) is 5.85. The number of thiazole rings is 1. The van der Waals surface area contributed by atoms with Crippen molar-refractivity contribution in [2.24, 2.45) is 0 Å². The molecule has 0 aliphatic carbocycles. The molecule has 168 valence electrons. The van der Waals surface area contributed by atoms with Crippen molar-refractivity contribution < 1.29 is 14.0 Å². The second-order valence-electron chi connectivity index (χ2n) is 7.08. The van der Waals surface area contributed by atoms with Gasteiger partial charge in [-0.05, 0) is 38.1 Å². The molecule has 2 N–H and O–H groups in total. The maximum absolute atomic E-state index is 12.6. The average molecular weight is 480 g/mol. The second-order valence-corrected chi connectivity index (χ2v) is 9.16. The Hall–Kier alpha value is -3.50. The van der Waals surface area contributed by atoms with Crippen molar-refractivity contribution in [1.82, 2.24) is 20.3 Å². The summed E-state index contributed by atoms with van der Waals surface area (Å²) in [6.07, 6.45) is 3.11. The molecular formula is C23H21N5O3S2. The third-order valence-corrected chi connectivity index (χ3v) is 6.74. The quantitative estimate of drug-likeness (QED) is 0.359. The lowest BCUT2D eigenvalue weighted by Gasteiger charge is -2.08. The van der Waals surface area contributed by atoms with Crippen LogP contribution in [0.1, 0.15) is 27.5 Å². The number of rotatable bonds is 8. The lowest BCUT2D eigenvalue weighted by Crippen LogP contribution is -2.25. The zero-order chi connectivity index (χ0) is 23.2. The van der Waals surface area contributed by atoms with E-state index in [9.17, 15) is 9.59 Å². The van der Waals surface area contributed by atoms with Crippen molar-refractivity contribution in [2.75, 3.05) is 11.1 Å². The summed E-state index contributed by atoms with van der Waals surface area (Å²) in [4.78, 5) is 37.7. The number of nitrogens with zero attached hydrogens (tertiary/aromatic N) is 3. The number of para-hydroxylation sites is 1. The number of oxazole rings is 1. The molecule has 0 bridgehead atoms. The number of carbonyl (C=O) groups is 2. The molecule has 2 amide bonds. The smallest absolute Gasteiger partial charge is 0.257 e. The molecule has 3 aromatic heterocycles. The maximum atomic E-state index is 12.6. The molecule has 0 aliphatic heterocycles. The van der Waals surface area contributed by atoms with Gasteiger partial charge in [-0.25, -0.2) is 9.97 Å². The van der Waals surface area contributed by atoms with E-state index in [-0.39, 0.29) is 24.1 Å². The lowest BCUT2D eigenvalue weighted by molar-refractivity contribution is -0.118. The molecule has 0 radical (unpaired) electrons. The Bertz CT molecular complexity index is 1270. The number of anilines is 1. The van der Waals surface area contributed by atoms with Crippen LogP contribution in [0.4, 0.5) is 5.69 Å². The molecule has 0 saturated carbocycles. The summed E-state index contributed by atoms with van der Waals surface area (Å²) in [5.74, 6) is 0.855. The molecule has 0 atom stereocenters. The van der Waals surface area contributed by atoms with Crippen LogP contribution in [0.5, 0.6) is 0 Å². The first-order valence-corrected chi connectivity index (χ1v) is 11.9. The van der Waals surface area contributed by atoms with Gasteiger partial charge < -0.3 is 15.1 Å². The van der Waals surface area contributed by atoms with Crippen LogP contribution in [0, 0.1) is 13.8 Å². The Morgan fingerprint density at radius 1 is 1.12 bits per heavy atom. The summed E-state index contributed by atoms with van der Waals surface area (Å²) in [7, 11) is 0. The Morgan fingerprint density at radius 3 is 2.73 bits per heavy atom. The van der Waals surface area contributed by atoms with Gasteiger partial charge in [0.15, 0.2) is 4.34 Å². The van der Waals surface area contributed by atoms with Gasteiger partial charge in [0.05, 0.1) is 29.1 Å². The molecule has 0 spiro atoms. The molecule has 4 aromatic rings. The van der Waals surface area contributed by atoms with E-state index in [2.05, 4.69) is 25.6 Å². The van der Waals surface area contributed by atoms with Crippen molar-refractivity contribution >= 4 is 40.6 Å². The van der Waals surface area contributed by atoms with Crippen molar-refractivity contribution in [3.63, 3.8) is 0 Å². The van der Waals surface area contributed by atoms with Crippen LogP contribution in [0.25, 0.3) is 11.5 Å². The SMILES string of the molecule is Cc1csc(SCC(=O)NCc2nc(-c3ccccc3NC(=O)c3cccnc3)oc2C)n1. The molecule has 1 aromatic carbocycles. The number of aryl methyl sites for hydroxylation is 2. The van der Waals surface area contributed by atoms with E-state index in [0.717, 1.165) is 10.0 Å². The normalized spacial score (nSPS) is 10.7. The van der Waals surface area contributed by atoms with Crippen molar-refractivity contribution in [3.8, 4) is 11.5 Å². The van der Waals surface area contributed by atoms with Crippen LogP contribution in [0.2, 0.25) is 0 Å². The number of benzene rings is 1. The van der Waals surface area contributed by atoms with Crippen LogP contribution in [-0.2, 0) is 11.3 Å². The zero-order valence-corrected chi connectivity index (χ0v) is 19.6. The van der Waals surface area contributed by atoms with E-state index in [1.54, 1.807) is 31.3 Å². The second kappa shape index (κ2) is 10.4. The molecule has 0 unspecified atom stereocenters. The minimum absolute atomic E-state index is 0.110. The summed E-state index contributed by atoms with van der Waals surface area (Å²) >= 11 is 2.93. The minimum Gasteiger partial charge on any atom is -0.441 e. The lowest BCUT2D eigenvalue weighted by atomic mass is 10.1. The Labute approximate surface area is 198 Å². The van der Waals surface area contributed by atoms with E-state index < -0.39 is 0 Å². The number of hydrogen-bond acceptors (Lipinski definition) is 8. The van der Waals surface area contributed by atoms with Gasteiger partial charge in [-0.1, -0.05) is 23.9 Å².